The molecule has 1 N–H and O–H groups in total. The highest BCUT2D eigenvalue weighted by Crippen LogP contribution is 2.23. The third-order valence-electron chi connectivity index (χ3n) is 3.15. The summed E-state index contributed by atoms with van der Waals surface area (Å²) in [6, 6.07) is 17.1. The predicted molar refractivity (Wildman–Crippen MR) is 79.1 cm³/mol. The van der Waals surface area contributed by atoms with E-state index in [-0.39, 0.29) is 0 Å². The molecule has 2 aromatic rings. The Kier molecular flexibility index (Phi) is 4.40. The minimum atomic E-state index is 0.502. The van der Waals surface area contributed by atoms with Crippen LogP contribution in [0.1, 0.15) is 12.5 Å². The Bertz CT molecular complexity index is 505. The summed E-state index contributed by atoms with van der Waals surface area (Å²) in [5, 5.41) is 4.03. The summed E-state index contributed by atoms with van der Waals surface area (Å²) in [5.74, 6) is 0. The van der Waals surface area contributed by atoms with E-state index in [0.717, 1.165) is 17.0 Å². The normalized spacial score (nSPS) is 12.4. The standard InChI is InChI=1S/C16H18ClN/c1-12(18-2)10-13-6-8-14(9-7-13)15-4-3-5-16(17)11-15/h3-9,11-12,18H,10H2,1-2H3. The average molecular weight is 260 g/mol. The Labute approximate surface area is 114 Å². The van der Waals surface area contributed by atoms with Gasteiger partial charge in [-0.1, -0.05) is 48.0 Å². The van der Waals surface area contributed by atoms with E-state index < -0.39 is 0 Å². The molecule has 1 unspecified atom stereocenters. The van der Waals surface area contributed by atoms with Crippen molar-refractivity contribution in [2.24, 2.45) is 0 Å². The molecule has 0 heterocycles. The number of likely N-dealkylation sites (N-methyl/N-ethyl adjacent to an activating group) is 1. The summed E-state index contributed by atoms with van der Waals surface area (Å²) in [5.41, 5.74) is 3.72. The molecule has 0 aromatic heterocycles. The van der Waals surface area contributed by atoms with E-state index in [1.807, 2.05) is 25.2 Å². The summed E-state index contributed by atoms with van der Waals surface area (Å²) in [4.78, 5) is 0. The Balaban J connectivity index is 2.17. The molecule has 0 saturated heterocycles. The molecule has 94 valence electrons. The van der Waals surface area contributed by atoms with Crippen LogP contribution >= 0.6 is 11.6 Å². The van der Waals surface area contributed by atoms with Gasteiger partial charge in [0, 0.05) is 11.1 Å². The van der Waals surface area contributed by atoms with Crippen molar-refractivity contribution < 1.29 is 0 Å². The first-order valence-corrected chi connectivity index (χ1v) is 6.59. The molecule has 0 fully saturated rings. The van der Waals surface area contributed by atoms with Gasteiger partial charge in [-0.3, -0.25) is 0 Å². The van der Waals surface area contributed by atoms with Crippen molar-refractivity contribution in [3.63, 3.8) is 0 Å². The van der Waals surface area contributed by atoms with Crippen LogP contribution in [0.3, 0.4) is 0 Å². The number of benzene rings is 2. The zero-order valence-electron chi connectivity index (χ0n) is 10.8. The van der Waals surface area contributed by atoms with E-state index in [0.29, 0.717) is 6.04 Å². The predicted octanol–water partition coefficient (Wildman–Crippen LogP) is 4.16. The SMILES string of the molecule is CNC(C)Cc1ccc(-c2cccc(Cl)c2)cc1. The molecule has 0 amide bonds. The van der Waals surface area contributed by atoms with Crippen molar-refractivity contribution in [2.75, 3.05) is 7.05 Å². The van der Waals surface area contributed by atoms with E-state index in [1.54, 1.807) is 0 Å². The minimum absolute atomic E-state index is 0.502. The van der Waals surface area contributed by atoms with Gasteiger partial charge in [0.05, 0.1) is 0 Å². The van der Waals surface area contributed by atoms with Crippen LogP contribution < -0.4 is 5.32 Å². The zero-order valence-corrected chi connectivity index (χ0v) is 11.5. The molecule has 0 radical (unpaired) electrons. The fraction of sp³-hybridized carbons (Fsp3) is 0.250. The van der Waals surface area contributed by atoms with Gasteiger partial charge in [-0.15, -0.1) is 0 Å². The van der Waals surface area contributed by atoms with Gasteiger partial charge in [0.2, 0.25) is 0 Å². The molecule has 2 rings (SSSR count). The summed E-state index contributed by atoms with van der Waals surface area (Å²) in [7, 11) is 1.99. The molecular weight excluding hydrogens is 242 g/mol. The van der Waals surface area contributed by atoms with Gasteiger partial charge >= 0.3 is 0 Å². The molecule has 0 bridgehead atoms. The lowest BCUT2D eigenvalue weighted by Gasteiger charge is -2.10. The molecule has 0 saturated carbocycles. The lowest BCUT2D eigenvalue weighted by molar-refractivity contribution is 0.608. The van der Waals surface area contributed by atoms with Gasteiger partial charge in [0.15, 0.2) is 0 Å². The monoisotopic (exact) mass is 259 g/mol. The van der Waals surface area contributed by atoms with Crippen LogP contribution in [0.2, 0.25) is 5.02 Å². The maximum absolute atomic E-state index is 6.01. The summed E-state index contributed by atoms with van der Waals surface area (Å²) < 4.78 is 0. The van der Waals surface area contributed by atoms with Crippen molar-refractivity contribution in [3.8, 4) is 11.1 Å². The van der Waals surface area contributed by atoms with Crippen molar-refractivity contribution in [1.82, 2.24) is 5.32 Å². The second-order valence-corrected chi connectivity index (χ2v) is 5.04. The van der Waals surface area contributed by atoms with Crippen LogP contribution in [0, 0.1) is 0 Å². The number of rotatable bonds is 4. The first-order valence-electron chi connectivity index (χ1n) is 6.21. The van der Waals surface area contributed by atoms with Gasteiger partial charge in [0.25, 0.3) is 0 Å². The molecule has 18 heavy (non-hydrogen) atoms. The van der Waals surface area contributed by atoms with Gasteiger partial charge < -0.3 is 5.32 Å². The molecule has 1 atom stereocenters. The molecule has 2 aromatic carbocycles. The Morgan fingerprint density at radius 2 is 1.78 bits per heavy atom. The lowest BCUT2D eigenvalue weighted by atomic mass is 10.0. The first-order chi connectivity index (χ1) is 8.69. The summed E-state index contributed by atoms with van der Waals surface area (Å²) in [6.07, 6.45) is 1.05. The Morgan fingerprint density at radius 1 is 1.06 bits per heavy atom. The highest BCUT2D eigenvalue weighted by molar-refractivity contribution is 6.30. The van der Waals surface area contributed by atoms with Crippen molar-refractivity contribution in [2.45, 2.75) is 19.4 Å². The second kappa shape index (κ2) is 6.03. The Hall–Kier alpha value is -1.31. The summed E-state index contributed by atoms with van der Waals surface area (Å²) in [6.45, 7) is 2.19. The lowest BCUT2D eigenvalue weighted by Crippen LogP contribution is -2.23. The number of nitrogens with one attached hydrogen (secondary N) is 1. The average Bonchev–Trinajstić information content (AvgIpc) is 2.39. The first kappa shape index (κ1) is 13.1. The fourth-order valence-electron chi connectivity index (χ4n) is 1.96. The topological polar surface area (TPSA) is 12.0 Å². The van der Waals surface area contributed by atoms with Crippen molar-refractivity contribution in [3.05, 3.63) is 59.1 Å². The van der Waals surface area contributed by atoms with Gasteiger partial charge in [-0.25, -0.2) is 0 Å². The van der Waals surface area contributed by atoms with E-state index in [2.05, 4.69) is 42.6 Å². The Morgan fingerprint density at radius 3 is 2.39 bits per heavy atom. The molecule has 1 nitrogen and oxygen atoms in total. The molecule has 0 aliphatic carbocycles. The quantitative estimate of drug-likeness (QED) is 0.870. The van der Waals surface area contributed by atoms with Crippen LogP contribution in [0.15, 0.2) is 48.5 Å². The van der Waals surface area contributed by atoms with E-state index in [4.69, 9.17) is 11.6 Å². The smallest absolute Gasteiger partial charge is 0.0412 e. The molecular formula is C16H18ClN. The van der Waals surface area contributed by atoms with Crippen molar-refractivity contribution in [1.29, 1.82) is 0 Å². The van der Waals surface area contributed by atoms with E-state index in [1.165, 1.54) is 11.1 Å². The third-order valence-corrected chi connectivity index (χ3v) is 3.38. The molecule has 0 aliphatic rings. The van der Waals surface area contributed by atoms with E-state index >= 15 is 0 Å². The second-order valence-electron chi connectivity index (χ2n) is 4.60. The van der Waals surface area contributed by atoms with Crippen LogP contribution in [0.5, 0.6) is 0 Å². The highest BCUT2D eigenvalue weighted by Gasteiger charge is 2.02. The molecule has 2 heteroatoms. The maximum Gasteiger partial charge on any atom is 0.0412 e. The number of halogens is 1. The largest absolute Gasteiger partial charge is 0.317 e. The summed E-state index contributed by atoms with van der Waals surface area (Å²) >= 11 is 6.01. The highest BCUT2D eigenvalue weighted by atomic mass is 35.5. The van der Waals surface area contributed by atoms with E-state index in [9.17, 15) is 0 Å². The molecule has 0 aliphatic heterocycles. The molecule has 0 spiro atoms. The maximum atomic E-state index is 6.01. The van der Waals surface area contributed by atoms with Gasteiger partial charge in [0.1, 0.15) is 0 Å². The van der Waals surface area contributed by atoms with Crippen LogP contribution in [0.25, 0.3) is 11.1 Å². The third kappa shape index (κ3) is 3.34. The number of hydrogen-bond donors (Lipinski definition) is 1. The van der Waals surface area contributed by atoms with Gasteiger partial charge in [-0.2, -0.15) is 0 Å². The van der Waals surface area contributed by atoms with Crippen LogP contribution in [-0.4, -0.2) is 13.1 Å². The minimum Gasteiger partial charge on any atom is -0.317 e. The number of hydrogen-bond acceptors (Lipinski definition) is 1. The van der Waals surface area contributed by atoms with Crippen LogP contribution in [0.4, 0.5) is 0 Å². The van der Waals surface area contributed by atoms with Gasteiger partial charge in [-0.05, 0) is 49.2 Å². The fourth-order valence-corrected chi connectivity index (χ4v) is 2.15. The zero-order chi connectivity index (χ0) is 13.0. The van der Waals surface area contributed by atoms with Crippen molar-refractivity contribution >= 4 is 11.6 Å². The van der Waals surface area contributed by atoms with Crippen LogP contribution in [-0.2, 0) is 6.42 Å².